The van der Waals surface area contributed by atoms with Gasteiger partial charge in [-0.1, -0.05) is 19.8 Å². The smallest absolute Gasteiger partial charge is 0.221 e. The summed E-state index contributed by atoms with van der Waals surface area (Å²) in [5, 5.41) is 6.45. The number of carbonyl (C=O) groups is 1. The lowest BCUT2D eigenvalue weighted by atomic mass is 10.0. The average Bonchev–Trinajstić information content (AvgIpc) is 2.42. The summed E-state index contributed by atoms with van der Waals surface area (Å²) in [4.78, 5) is 11.5. The summed E-state index contributed by atoms with van der Waals surface area (Å²) in [7, 11) is 0. The van der Waals surface area contributed by atoms with Gasteiger partial charge in [-0.2, -0.15) is 0 Å². The van der Waals surface area contributed by atoms with Gasteiger partial charge in [-0.05, 0) is 39.0 Å². The fourth-order valence-electron chi connectivity index (χ4n) is 2.48. The zero-order valence-electron chi connectivity index (χ0n) is 11.6. The molecule has 1 aliphatic rings. The fourth-order valence-corrected chi connectivity index (χ4v) is 2.48. The molecular weight excluding hydrogens is 212 g/mol. The first-order valence-electron chi connectivity index (χ1n) is 7.10. The summed E-state index contributed by atoms with van der Waals surface area (Å²) < 4.78 is 0. The highest BCUT2D eigenvalue weighted by Crippen LogP contribution is 2.22. The maximum Gasteiger partial charge on any atom is 0.221 e. The standard InChI is InChI=1S/C14H28N2O/c1-11(2)16-14(17)9-10-15-13-6-4-5-12(3)7-8-13/h11-13,15H,4-10H2,1-3H3,(H,16,17). The van der Waals surface area contributed by atoms with E-state index in [2.05, 4.69) is 17.6 Å². The molecule has 0 saturated heterocycles. The molecule has 0 spiro atoms. The molecule has 1 fully saturated rings. The number of hydrogen-bond donors (Lipinski definition) is 2. The first-order chi connectivity index (χ1) is 8.08. The molecule has 2 N–H and O–H groups in total. The van der Waals surface area contributed by atoms with Crippen molar-refractivity contribution >= 4 is 5.91 Å². The van der Waals surface area contributed by atoms with Crippen LogP contribution >= 0.6 is 0 Å². The van der Waals surface area contributed by atoms with Gasteiger partial charge in [0, 0.05) is 25.0 Å². The Balaban J connectivity index is 2.11. The minimum atomic E-state index is 0.162. The summed E-state index contributed by atoms with van der Waals surface area (Å²) >= 11 is 0. The molecule has 0 radical (unpaired) electrons. The predicted octanol–water partition coefficient (Wildman–Crippen LogP) is 2.46. The van der Waals surface area contributed by atoms with Crippen LogP contribution in [0, 0.1) is 5.92 Å². The highest BCUT2D eigenvalue weighted by Gasteiger charge is 2.15. The molecule has 0 aromatic heterocycles. The summed E-state index contributed by atoms with van der Waals surface area (Å²) in [5.41, 5.74) is 0. The van der Waals surface area contributed by atoms with Gasteiger partial charge < -0.3 is 10.6 Å². The molecule has 1 aliphatic carbocycles. The van der Waals surface area contributed by atoms with Crippen LogP contribution in [0.15, 0.2) is 0 Å². The Morgan fingerprint density at radius 1 is 1.24 bits per heavy atom. The van der Waals surface area contributed by atoms with Crippen LogP contribution in [0.3, 0.4) is 0 Å². The van der Waals surface area contributed by atoms with Crippen LogP contribution in [-0.2, 0) is 4.79 Å². The zero-order chi connectivity index (χ0) is 12.7. The molecule has 0 aromatic rings. The first kappa shape index (κ1) is 14.5. The first-order valence-corrected chi connectivity index (χ1v) is 7.10. The SMILES string of the molecule is CC1CCCC(NCCC(=O)NC(C)C)CC1. The van der Waals surface area contributed by atoms with Crippen LogP contribution in [-0.4, -0.2) is 24.5 Å². The molecule has 3 nitrogen and oxygen atoms in total. The van der Waals surface area contributed by atoms with Gasteiger partial charge in [0.1, 0.15) is 0 Å². The second kappa shape index (κ2) is 7.70. The van der Waals surface area contributed by atoms with Crippen molar-refractivity contribution in [3.8, 4) is 0 Å². The van der Waals surface area contributed by atoms with Crippen molar-refractivity contribution < 1.29 is 4.79 Å². The van der Waals surface area contributed by atoms with Crippen LogP contribution in [0.1, 0.15) is 59.3 Å². The van der Waals surface area contributed by atoms with Gasteiger partial charge >= 0.3 is 0 Å². The lowest BCUT2D eigenvalue weighted by Gasteiger charge is -2.16. The zero-order valence-corrected chi connectivity index (χ0v) is 11.6. The van der Waals surface area contributed by atoms with Crippen LogP contribution < -0.4 is 10.6 Å². The predicted molar refractivity (Wildman–Crippen MR) is 71.9 cm³/mol. The van der Waals surface area contributed by atoms with Crippen molar-refractivity contribution in [2.75, 3.05) is 6.54 Å². The Morgan fingerprint density at radius 2 is 2.00 bits per heavy atom. The lowest BCUT2D eigenvalue weighted by molar-refractivity contribution is -0.121. The second-order valence-corrected chi connectivity index (χ2v) is 5.74. The fraction of sp³-hybridized carbons (Fsp3) is 0.929. The van der Waals surface area contributed by atoms with Gasteiger partial charge in [-0.15, -0.1) is 0 Å². The molecule has 2 atom stereocenters. The van der Waals surface area contributed by atoms with Gasteiger partial charge in [-0.25, -0.2) is 0 Å². The normalized spacial score (nSPS) is 25.6. The van der Waals surface area contributed by atoms with Gasteiger partial charge in [0.15, 0.2) is 0 Å². The Bertz CT molecular complexity index is 228. The highest BCUT2D eigenvalue weighted by atomic mass is 16.1. The van der Waals surface area contributed by atoms with Crippen LogP contribution in [0.25, 0.3) is 0 Å². The molecule has 2 unspecified atom stereocenters. The maximum absolute atomic E-state index is 11.5. The van der Waals surface area contributed by atoms with Crippen molar-refractivity contribution in [2.24, 2.45) is 5.92 Å². The van der Waals surface area contributed by atoms with E-state index in [9.17, 15) is 4.79 Å². The van der Waals surface area contributed by atoms with Crippen molar-refractivity contribution in [3.05, 3.63) is 0 Å². The quantitative estimate of drug-likeness (QED) is 0.725. The highest BCUT2D eigenvalue weighted by molar-refractivity contribution is 5.76. The minimum absolute atomic E-state index is 0.162. The summed E-state index contributed by atoms with van der Waals surface area (Å²) in [6.07, 6.45) is 7.17. The summed E-state index contributed by atoms with van der Waals surface area (Å²) in [5.74, 6) is 1.04. The molecule has 0 bridgehead atoms. The molecule has 0 aromatic carbocycles. The van der Waals surface area contributed by atoms with Crippen LogP contribution in [0.2, 0.25) is 0 Å². The van der Waals surface area contributed by atoms with Crippen molar-refractivity contribution in [3.63, 3.8) is 0 Å². The average molecular weight is 240 g/mol. The molecule has 0 heterocycles. The number of carbonyl (C=O) groups excluding carboxylic acids is 1. The third-order valence-electron chi connectivity index (χ3n) is 3.49. The molecule has 1 saturated carbocycles. The number of nitrogens with one attached hydrogen (secondary N) is 2. The van der Waals surface area contributed by atoms with E-state index >= 15 is 0 Å². The van der Waals surface area contributed by atoms with E-state index in [1.165, 1.54) is 32.1 Å². The largest absolute Gasteiger partial charge is 0.354 e. The molecule has 3 heteroatoms. The molecule has 100 valence electrons. The minimum Gasteiger partial charge on any atom is -0.354 e. The number of amides is 1. The third kappa shape index (κ3) is 6.67. The van der Waals surface area contributed by atoms with Gasteiger partial charge in [-0.3, -0.25) is 4.79 Å². The van der Waals surface area contributed by atoms with E-state index < -0.39 is 0 Å². The molecule has 1 rings (SSSR count). The van der Waals surface area contributed by atoms with Crippen LogP contribution in [0.4, 0.5) is 0 Å². The van der Waals surface area contributed by atoms with Crippen molar-refractivity contribution in [2.45, 2.75) is 71.4 Å². The van der Waals surface area contributed by atoms with E-state index in [1.807, 2.05) is 13.8 Å². The molecular formula is C14H28N2O. The number of rotatable bonds is 5. The maximum atomic E-state index is 11.5. The van der Waals surface area contributed by atoms with Gasteiger partial charge in [0.25, 0.3) is 0 Å². The van der Waals surface area contributed by atoms with Gasteiger partial charge in [0.05, 0.1) is 0 Å². The van der Waals surface area contributed by atoms with E-state index in [-0.39, 0.29) is 11.9 Å². The second-order valence-electron chi connectivity index (χ2n) is 5.74. The summed E-state index contributed by atoms with van der Waals surface area (Å²) in [6.45, 7) is 7.16. The van der Waals surface area contributed by atoms with Crippen LogP contribution in [0.5, 0.6) is 0 Å². The monoisotopic (exact) mass is 240 g/mol. The Kier molecular flexibility index (Phi) is 6.56. The van der Waals surface area contributed by atoms with Gasteiger partial charge in [0.2, 0.25) is 5.91 Å². The topological polar surface area (TPSA) is 41.1 Å². The van der Waals surface area contributed by atoms with Crippen molar-refractivity contribution in [1.82, 2.24) is 10.6 Å². The van der Waals surface area contributed by atoms with E-state index in [0.29, 0.717) is 12.5 Å². The van der Waals surface area contributed by atoms with Crippen molar-refractivity contribution in [1.29, 1.82) is 0 Å². The lowest BCUT2D eigenvalue weighted by Crippen LogP contribution is -2.35. The van der Waals surface area contributed by atoms with E-state index in [4.69, 9.17) is 0 Å². The molecule has 0 aliphatic heterocycles. The Labute approximate surface area is 106 Å². The number of hydrogen-bond acceptors (Lipinski definition) is 2. The molecule has 17 heavy (non-hydrogen) atoms. The summed E-state index contributed by atoms with van der Waals surface area (Å²) in [6, 6.07) is 0.882. The van der Waals surface area contributed by atoms with E-state index in [1.54, 1.807) is 0 Å². The Hall–Kier alpha value is -0.570. The third-order valence-corrected chi connectivity index (χ3v) is 3.49. The van der Waals surface area contributed by atoms with E-state index in [0.717, 1.165) is 12.5 Å². The Morgan fingerprint density at radius 3 is 2.71 bits per heavy atom. The molecule has 1 amide bonds.